The lowest BCUT2D eigenvalue weighted by Gasteiger charge is -2.13. The first-order chi connectivity index (χ1) is 11.0. The van der Waals surface area contributed by atoms with Gasteiger partial charge in [0.25, 0.3) is 0 Å². The second-order valence-corrected chi connectivity index (χ2v) is 7.87. The number of ether oxygens (including phenoxy) is 1. The van der Waals surface area contributed by atoms with E-state index in [0.717, 1.165) is 33.6 Å². The maximum Gasteiger partial charge on any atom is 0.123 e. The van der Waals surface area contributed by atoms with Gasteiger partial charge in [-0.1, -0.05) is 18.2 Å². The van der Waals surface area contributed by atoms with Crippen molar-refractivity contribution in [1.29, 1.82) is 0 Å². The highest BCUT2D eigenvalue weighted by Crippen LogP contribution is 2.32. The molecule has 3 rings (SSSR count). The van der Waals surface area contributed by atoms with E-state index in [1.165, 1.54) is 10.4 Å². The number of hydrogen-bond acceptors (Lipinski definition) is 5. The summed E-state index contributed by atoms with van der Waals surface area (Å²) in [7, 11) is 0. The van der Waals surface area contributed by atoms with Gasteiger partial charge in [-0.2, -0.15) is 0 Å². The van der Waals surface area contributed by atoms with Crippen LogP contribution in [0.1, 0.15) is 35.1 Å². The van der Waals surface area contributed by atoms with Crippen molar-refractivity contribution >= 4 is 22.7 Å². The second-order valence-electron chi connectivity index (χ2n) is 5.73. The molecule has 0 spiro atoms. The SMILES string of the molecule is Cc1nc(C)c(-c2csc(Cc3ccccc3OC(C)C)n2)s1. The van der Waals surface area contributed by atoms with Crippen molar-refractivity contribution < 1.29 is 4.74 Å². The summed E-state index contributed by atoms with van der Waals surface area (Å²) in [5, 5.41) is 4.31. The van der Waals surface area contributed by atoms with Crippen LogP contribution in [0.5, 0.6) is 5.75 Å². The lowest BCUT2D eigenvalue weighted by Crippen LogP contribution is -2.07. The minimum atomic E-state index is 0.172. The molecule has 23 heavy (non-hydrogen) atoms. The Morgan fingerprint density at radius 2 is 1.91 bits per heavy atom. The Bertz CT molecular complexity index is 805. The van der Waals surface area contributed by atoms with Crippen LogP contribution < -0.4 is 4.74 Å². The molecule has 3 aromatic rings. The number of nitrogens with zero attached hydrogens (tertiary/aromatic N) is 2. The van der Waals surface area contributed by atoms with Gasteiger partial charge in [-0.15, -0.1) is 22.7 Å². The van der Waals surface area contributed by atoms with Crippen molar-refractivity contribution in [3.63, 3.8) is 0 Å². The Balaban J connectivity index is 1.84. The highest BCUT2D eigenvalue weighted by atomic mass is 32.1. The third-order valence-electron chi connectivity index (χ3n) is 3.36. The zero-order chi connectivity index (χ0) is 16.4. The smallest absolute Gasteiger partial charge is 0.123 e. The minimum Gasteiger partial charge on any atom is -0.491 e. The van der Waals surface area contributed by atoms with Crippen LogP contribution in [0.3, 0.4) is 0 Å². The first kappa shape index (κ1) is 16.1. The first-order valence-electron chi connectivity index (χ1n) is 7.66. The van der Waals surface area contributed by atoms with Gasteiger partial charge in [0.1, 0.15) is 5.75 Å². The summed E-state index contributed by atoms with van der Waals surface area (Å²) in [6, 6.07) is 8.20. The molecule has 2 heterocycles. The molecule has 0 N–H and O–H groups in total. The van der Waals surface area contributed by atoms with Gasteiger partial charge in [0.2, 0.25) is 0 Å². The second kappa shape index (κ2) is 6.81. The van der Waals surface area contributed by atoms with Crippen molar-refractivity contribution in [2.24, 2.45) is 0 Å². The Kier molecular flexibility index (Phi) is 4.78. The summed E-state index contributed by atoms with van der Waals surface area (Å²) in [6.45, 7) is 8.18. The predicted molar refractivity (Wildman–Crippen MR) is 97.7 cm³/mol. The molecule has 0 fully saturated rings. The molecule has 0 bridgehead atoms. The average Bonchev–Trinajstić information content (AvgIpc) is 3.07. The lowest BCUT2D eigenvalue weighted by atomic mass is 10.1. The largest absolute Gasteiger partial charge is 0.491 e. The van der Waals surface area contributed by atoms with Crippen molar-refractivity contribution in [2.45, 2.75) is 40.2 Å². The Morgan fingerprint density at radius 1 is 1.13 bits per heavy atom. The molecule has 0 saturated carbocycles. The molecule has 0 amide bonds. The van der Waals surface area contributed by atoms with Crippen LogP contribution in [0.2, 0.25) is 0 Å². The summed E-state index contributed by atoms with van der Waals surface area (Å²) in [4.78, 5) is 10.5. The van der Waals surface area contributed by atoms with E-state index in [9.17, 15) is 0 Å². The number of aromatic nitrogens is 2. The molecule has 0 aliphatic carbocycles. The standard InChI is InChI=1S/C18H20N2OS2/c1-11(2)21-16-8-6-5-7-14(16)9-17-20-15(10-22-17)18-12(3)19-13(4)23-18/h5-8,10-11H,9H2,1-4H3. The molecule has 2 aromatic heterocycles. The predicted octanol–water partition coefficient (Wildman–Crippen LogP) is 5.26. The van der Waals surface area contributed by atoms with Gasteiger partial charge in [0.05, 0.1) is 32.4 Å². The van der Waals surface area contributed by atoms with Crippen molar-refractivity contribution in [3.05, 3.63) is 50.9 Å². The quantitative estimate of drug-likeness (QED) is 0.633. The molecule has 0 atom stereocenters. The molecule has 0 unspecified atom stereocenters. The molecule has 0 aliphatic heterocycles. The molecule has 3 nitrogen and oxygen atoms in total. The van der Waals surface area contributed by atoms with Crippen LogP contribution in [0.15, 0.2) is 29.6 Å². The fraction of sp³-hybridized carbons (Fsp3) is 0.333. The van der Waals surface area contributed by atoms with E-state index in [2.05, 4.69) is 16.4 Å². The third kappa shape index (κ3) is 3.79. The molecule has 0 saturated heterocycles. The zero-order valence-electron chi connectivity index (χ0n) is 13.8. The normalized spacial score (nSPS) is 11.2. The van der Waals surface area contributed by atoms with Crippen molar-refractivity contribution in [3.8, 4) is 16.3 Å². The van der Waals surface area contributed by atoms with E-state index in [1.807, 2.05) is 45.9 Å². The monoisotopic (exact) mass is 344 g/mol. The summed E-state index contributed by atoms with van der Waals surface area (Å²) in [5.41, 5.74) is 3.28. The number of rotatable bonds is 5. The van der Waals surface area contributed by atoms with Crippen LogP contribution in [-0.2, 0) is 6.42 Å². The number of benzene rings is 1. The summed E-state index contributed by atoms with van der Waals surface area (Å²) in [6.07, 6.45) is 0.968. The molecule has 0 aliphatic rings. The van der Waals surface area contributed by atoms with Crippen LogP contribution in [0.4, 0.5) is 0 Å². The van der Waals surface area contributed by atoms with Gasteiger partial charge < -0.3 is 4.74 Å². The molecular formula is C18H20N2OS2. The van der Waals surface area contributed by atoms with Gasteiger partial charge in [0.15, 0.2) is 0 Å². The van der Waals surface area contributed by atoms with Gasteiger partial charge in [-0.25, -0.2) is 9.97 Å². The fourth-order valence-electron chi connectivity index (χ4n) is 2.45. The summed E-state index contributed by atoms with van der Waals surface area (Å²) in [5.74, 6) is 0.948. The van der Waals surface area contributed by atoms with Crippen molar-refractivity contribution in [1.82, 2.24) is 9.97 Å². The number of aryl methyl sites for hydroxylation is 2. The fourth-order valence-corrected chi connectivity index (χ4v) is 4.21. The van der Waals surface area contributed by atoms with Crippen LogP contribution in [-0.4, -0.2) is 16.1 Å². The maximum atomic E-state index is 5.90. The topological polar surface area (TPSA) is 35.0 Å². The molecule has 1 aromatic carbocycles. The van der Waals surface area contributed by atoms with E-state index in [-0.39, 0.29) is 6.10 Å². The number of para-hydroxylation sites is 1. The third-order valence-corrected chi connectivity index (χ3v) is 5.31. The lowest BCUT2D eigenvalue weighted by molar-refractivity contribution is 0.240. The first-order valence-corrected chi connectivity index (χ1v) is 9.36. The highest BCUT2D eigenvalue weighted by molar-refractivity contribution is 7.15. The van der Waals surface area contributed by atoms with Gasteiger partial charge >= 0.3 is 0 Å². The highest BCUT2D eigenvalue weighted by Gasteiger charge is 2.13. The maximum absolute atomic E-state index is 5.90. The zero-order valence-corrected chi connectivity index (χ0v) is 15.4. The molecule has 0 radical (unpaired) electrons. The van der Waals surface area contributed by atoms with E-state index in [4.69, 9.17) is 9.72 Å². The Hall–Kier alpha value is -1.72. The Morgan fingerprint density at radius 3 is 2.61 bits per heavy atom. The van der Waals surface area contributed by atoms with Gasteiger partial charge in [-0.05, 0) is 33.8 Å². The van der Waals surface area contributed by atoms with Crippen molar-refractivity contribution in [2.75, 3.05) is 0 Å². The molecule has 120 valence electrons. The molecular weight excluding hydrogens is 324 g/mol. The number of thiazole rings is 2. The van der Waals surface area contributed by atoms with Gasteiger partial charge in [0, 0.05) is 17.4 Å². The number of hydrogen-bond donors (Lipinski definition) is 0. The summed E-state index contributed by atoms with van der Waals surface area (Å²) < 4.78 is 5.90. The van der Waals surface area contributed by atoms with E-state index < -0.39 is 0 Å². The van der Waals surface area contributed by atoms with E-state index in [1.54, 1.807) is 22.7 Å². The molecule has 5 heteroatoms. The summed E-state index contributed by atoms with van der Waals surface area (Å²) >= 11 is 3.40. The van der Waals surface area contributed by atoms with Crippen LogP contribution >= 0.6 is 22.7 Å². The van der Waals surface area contributed by atoms with Gasteiger partial charge in [-0.3, -0.25) is 0 Å². The van der Waals surface area contributed by atoms with E-state index >= 15 is 0 Å². The van der Waals surface area contributed by atoms with E-state index in [0.29, 0.717) is 0 Å². The van der Waals surface area contributed by atoms with Crippen LogP contribution in [0.25, 0.3) is 10.6 Å². The Labute approximate surface area is 145 Å². The average molecular weight is 345 g/mol. The minimum absolute atomic E-state index is 0.172. The van der Waals surface area contributed by atoms with Crippen LogP contribution in [0, 0.1) is 13.8 Å².